The third-order valence-electron chi connectivity index (χ3n) is 3.56. The molecule has 13 heavy (non-hydrogen) atoms. The van der Waals surface area contributed by atoms with E-state index in [4.69, 9.17) is 5.14 Å². The lowest BCUT2D eigenvalue weighted by molar-refractivity contribution is 0.0609. The zero-order chi connectivity index (χ0) is 9.53. The summed E-state index contributed by atoms with van der Waals surface area (Å²) in [5, 5.41) is 5.06. The van der Waals surface area contributed by atoms with Crippen molar-refractivity contribution in [3.05, 3.63) is 0 Å². The van der Waals surface area contributed by atoms with Crippen LogP contribution in [0.25, 0.3) is 0 Å². The van der Waals surface area contributed by atoms with E-state index in [9.17, 15) is 8.42 Å². The first kappa shape index (κ1) is 9.43. The molecule has 0 aromatic carbocycles. The minimum Gasteiger partial charge on any atom is -0.216 e. The molecule has 0 aromatic heterocycles. The van der Waals surface area contributed by atoms with Gasteiger partial charge in [0.15, 0.2) is 0 Å². The predicted molar refractivity (Wildman–Crippen MR) is 50.2 cm³/mol. The fourth-order valence-electron chi connectivity index (χ4n) is 2.39. The van der Waals surface area contributed by atoms with Crippen LogP contribution >= 0.6 is 0 Å². The molecule has 0 bridgehead atoms. The zero-order valence-electron chi connectivity index (χ0n) is 7.70. The molecule has 76 valence electrons. The summed E-state index contributed by atoms with van der Waals surface area (Å²) in [6, 6.07) is 0. The molecule has 2 N–H and O–H groups in total. The van der Waals surface area contributed by atoms with Crippen molar-refractivity contribution < 1.29 is 8.42 Å². The van der Waals surface area contributed by atoms with Crippen LogP contribution in [-0.4, -0.2) is 25.8 Å². The highest BCUT2D eigenvalue weighted by Crippen LogP contribution is 2.48. The second-order valence-electron chi connectivity index (χ2n) is 4.30. The van der Waals surface area contributed by atoms with Gasteiger partial charge in [-0.05, 0) is 31.1 Å². The van der Waals surface area contributed by atoms with Crippen molar-refractivity contribution in [3.63, 3.8) is 0 Å². The number of hydrogen-bond acceptors (Lipinski definition) is 2. The smallest absolute Gasteiger partial charge is 0.216 e. The van der Waals surface area contributed by atoms with E-state index in [1.54, 1.807) is 0 Å². The van der Waals surface area contributed by atoms with E-state index >= 15 is 0 Å². The zero-order valence-corrected chi connectivity index (χ0v) is 8.52. The Kier molecular flexibility index (Phi) is 2.13. The topological polar surface area (TPSA) is 63.4 Å². The Balaban J connectivity index is 1.96. The van der Waals surface area contributed by atoms with Crippen LogP contribution < -0.4 is 5.14 Å². The number of hydrogen-bond donors (Lipinski definition) is 1. The van der Waals surface area contributed by atoms with E-state index in [1.807, 2.05) is 0 Å². The number of nitrogens with zero attached hydrogens (tertiary/aromatic N) is 1. The van der Waals surface area contributed by atoms with Crippen LogP contribution in [0.3, 0.4) is 0 Å². The highest BCUT2D eigenvalue weighted by Gasteiger charge is 2.41. The molecule has 2 rings (SSSR count). The average molecular weight is 204 g/mol. The van der Waals surface area contributed by atoms with Gasteiger partial charge in [-0.15, -0.1) is 0 Å². The minimum atomic E-state index is -3.43. The van der Waals surface area contributed by atoms with Gasteiger partial charge in [0.05, 0.1) is 0 Å². The molecule has 2 aliphatic rings. The van der Waals surface area contributed by atoms with Crippen LogP contribution in [0.4, 0.5) is 0 Å². The van der Waals surface area contributed by atoms with E-state index in [0.717, 1.165) is 12.8 Å². The Bertz CT molecular complexity index is 285. The second kappa shape index (κ2) is 2.93. The second-order valence-corrected chi connectivity index (χ2v) is 5.84. The fourth-order valence-corrected chi connectivity index (χ4v) is 3.08. The van der Waals surface area contributed by atoms with E-state index in [2.05, 4.69) is 0 Å². The summed E-state index contributed by atoms with van der Waals surface area (Å²) in [6.07, 6.45) is 5.89. The van der Waals surface area contributed by atoms with Crippen molar-refractivity contribution >= 4 is 10.2 Å². The van der Waals surface area contributed by atoms with Gasteiger partial charge in [-0.3, -0.25) is 0 Å². The van der Waals surface area contributed by atoms with Gasteiger partial charge in [0.2, 0.25) is 0 Å². The Labute approximate surface area is 79.3 Å². The highest BCUT2D eigenvalue weighted by molar-refractivity contribution is 7.86. The molecule has 0 unspecified atom stereocenters. The molecule has 1 spiro atoms. The van der Waals surface area contributed by atoms with E-state index in [1.165, 1.54) is 23.6 Å². The number of rotatable bonds is 1. The van der Waals surface area contributed by atoms with E-state index in [0.29, 0.717) is 18.5 Å². The molecule has 0 atom stereocenters. The van der Waals surface area contributed by atoms with E-state index in [-0.39, 0.29) is 0 Å². The van der Waals surface area contributed by atoms with Gasteiger partial charge in [0.1, 0.15) is 0 Å². The summed E-state index contributed by atoms with van der Waals surface area (Å²) in [4.78, 5) is 0. The molecular formula is C8H16N2O2S. The number of nitrogens with two attached hydrogens (primary N) is 1. The third-order valence-corrected chi connectivity index (χ3v) is 4.64. The van der Waals surface area contributed by atoms with Gasteiger partial charge in [0.25, 0.3) is 10.2 Å². The minimum absolute atomic E-state index is 0.487. The van der Waals surface area contributed by atoms with Gasteiger partial charge in [-0.25, -0.2) is 5.14 Å². The lowest BCUT2D eigenvalue weighted by atomic mass is 9.63. The summed E-state index contributed by atoms with van der Waals surface area (Å²) in [5.41, 5.74) is 0.487. The quantitative estimate of drug-likeness (QED) is 0.674. The first-order valence-corrected chi connectivity index (χ1v) is 6.30. The molecule has 1 saturated heterocycles. The maximum Gasteiger partial charge on any atom is 0.276 e. The molecule has 0 aromatic rings. The molecule has 2 fully saturated rings. The van der Waals surface area contributed by atoms with Crippen molar-refractivity contribution in [1.82, 2.24) is 4.31 Å². The third kappa shape index (κ3) is 1.73. The molecule has 5 heteroatoms. The van der Waals surface area contributed by atoms with Gasteiger partial charge < -0.3 is 0 Å². The Morgan fingerprint density at radius 3 is 1.92 bits per heavy atom. The number of piperidine rings is 1. The molecule has 1 heterocycles. The summed E-state index contributed by atoms with van der Waals surface area (Å²) in [7, 11) is -3.43. The van der Waals surface area contributed by atoms with Gasteiger partial charge in [0, 0.05) is 13.1 Å². The first-order chi connectivity index (χ1) is 6.02. The predicted octanol–water partition coefficient (Wildman–Crippen LogP) is 0.456. The summed E-state index contributed by atoms with van der Waals surface area (Å²) >= 11 is 0. The molecule has 1 saturated carbocycles. The normalized spacial score (nSPS) is 28.7. The van der Waals surface area contributed by atoms with E-state index < -0.39 is 10.2 Å². The lowest BCUT2D eigenvalue weighted by Gasteiger charge is -2.47. The maximum atomic E-state index is 11.0. The van der Waals surface area contributed by atoms with Crippen LogP contribution in [0.2, 0.25) is 0 Å². The van der Waals surface area contributed by atoms with Crippen LogP contribution in [0.1, 0.15) is 32.1 Å². The fraction of sp³-hybridized carbons (Fsp3) is 1.00. The highest BCUT2D eigenvalue weighted by atomic mass is 32.2. The molecule has 1 aliphatic carbocycles. The van der Waals surface area contributed by atoms with Gasteiger partial charge in [-0.2, -0.15) is 12.7 Å². The summed E-state index contributed by atoms with van der Waals surface area (Å²) in [5.74, 6) is 0. The maximum absolute atomic E-state index is 11.0. The lowest BCUT2D eigenvalue weighted by Crippen LogP contribution is -2.47. The molecule has 1 aliphatic heterocycles. The molecule has 0 radical (unpaired) electrons. The van der Waals surface area contributed by atoms with Crippen molar-refractivity contribution in [1.29, 1.82) is 0 Å². The van der Waals surface area contributed by atoms with Crippen molar-refractivity contribution in [2.75, 3.05) is 13.1 Å². The molecule has 0 amide bonds. The van der Waals surface area contributed by atoms with Gasteiger partial charge >= 0.3 is 0 Å². The van der Waals surface area contributed by atoms with Crippen LogP contribution in [-0.2, 0) is 10.2 Å². The first-order valence-electron chi connectivity index (χ1n) is 4.80. The van der Waals surface area contributed by atoms with Crippen LogP contribution in [0.15, 0.2) is 0 Å². The largest absolute Gasteiger partial charge is 0.276 e. The molecule has 4 nitrogen and oxygen atoms in total. The Morgan fingerprint density at radius 2 is 1.62 bits per heavy atom. The Hall–Kier alpha value is -0.130. The van der Waals surface area contributed by atoms with Crippen molar-refractivity contribution in [2.24, 2.45) is 10.6 Å². The van der Waals surface area contributed by atoms with Gasteiger partial charge in [-0.1, -0.05) is 6.42 Å². The Morgan fingerprint density at radius 1 is 1.08 bits per heavy atom. The summed E-state index contributed by atoms with van der Waals surface area (Å²) < 4.78 is 23.4. The standard InChI is InChI=1S/C8H16N2O2S/c9-13(11,12)10-6-4-8(5-7-10)2-1-3-8/h1-7H2,(H2,9,11,12). The SMILES string of the molecule is NS(=O)(=O)N1CCC2(CCC2)CC1. The van der Waals surface area contributed by atoms with Crippen LogP contribution in [0.5, 0.6) is 0 Å². The molecular weight excluding hydrogens is 188 g/mol. The van der Waals surface area contributed by atoms with Crippen LogP contribution in [0, 0.1) is 5.41 Å². The monoisotopic (exact) mass is 204 g/mol. The van der Waals surface area contributed by atoms with Crippen molar-refractivity contribution in [2.45, 2.75) is 32.1 Å². The average Bonchev–Trinajstić information content (AvgIpc) is 2.00. The summed E-state index contributed by atoms with van der Waals surface area (Å²) in [6.45, 7) is 1.25. The van der Waals surface area contributed by atoms with Crippen molar-refractivity contribution in [3.8, 4) is 0 Å².